The molecule has 1 aromatic rings. The first-order chi connectivity index (χ1) is 8.56. The van der Waals surface area contributed by atoms with Gasteiger partial charge in [0.05, 0.1) is 11.3 Å². The molecule has 4 nitrogen and oxygen atoms in total. The van der Waals surface area contributed by atoms with E-state index in [4.69, 9.17) is 0 Å². The Balaban J connectivity index is 2.36. The first-order valence-electron chi connectivity index (χ1n) is 5.87. The molecule has 0 saturated carbocycles. The summed E-state index contributed by atoms with van der Waals surface area (Å²) in [6, 6.07) is 2.48. The first-order valence-corrected chi connectivity index (χ1v) is 5.87. The molecule has 2 rings (SSSR count). The van der Waals surface area contributed by atoms with E-state index in [1.807, 2.05) is 7.05 Å². The average molecular weight is 250 g/mol. The molecule has 0 aliphatic carbocycles. The van der Waals surface area contributed by atoms with Crippen molar-refractivity contribution in [1.82, 2.24) is 5.32 Å². The van der Waals surface area contributed by atoms with E-state index in [-0.39, 0.29) is 5.56 Å². The fourth-order valence-corrected chi connectivity index (χ4v) is 2.23. The van der Waals surface area contributed by atoms with E-state index in [0.29, 0.717) is 17.8 Å². The van der Waals surface area contributed by atoms with Gasteiger partial charge in [-0.1, -0.05) is 0 Å². The quantitative estimate of drug-likeness (QED) is 0.646. The number of amides is 1. The predicted molar refractivity (Wildman–Crippen MR) is 66.4 cm³/mol. The minimum absolute atomic E-state index is 0.182. The largest absolute Gasteiger partial charge is 0.320 e. The van der Waals surface area contributed by atoms with Crippen LogP contribution >= 0.6 is 0 Å². The van der Waals surface area contributed by atoms with E-state index in [2.05, 4.69) is 5.32 Å². The number of Topliss-reactive ketones (excluding diaryl/α,β-unsaturated/α-hetero) is 1. The first kappa shape index (κ1) is 12.7. The van der Waals surface area contributed by atoms with Crippen LogP contribution < -0.4 is 10.2 Å². The van der Waals surface area contributed by atoms with E-state index < -0.39 is 17.5 Å². The number of fused-ring (bicyclic) bond motifs is 1. The highest BCUT2D eigenvalue weighted by molar-refractivity contribution is 6.52. The minimum Gasteiger partial charge on any atom is -0.320 e. The highest BCUT2D eigenvalue weighted by Gasteiger charge is 2.36. The summed E-state index contributed by atoms with van der Waals surface area (Å²) in [5.41, 5.74) is 1.36. The van der Waals surface area contributed by atoms with Crippen LogP contribution in [0.5, 0.6) is 0 Å². The topological polar surface area (TPSA) is 49.4 Å². The van der Waals surface area contributed by atoms with Crippen molar-refractivity contribution in [3.63, 3.8) is 0 Å². The Morgan fingerprint density at radius 3 is 2.72 bits per heavy atom. The summed E-state index contributed by atoms with van der Waals surface area (Å²) in [5, 5.41) is 2.98. The van der Waals surface area contributed by atoms with E-state index >= 15 is 0 Å². The van der Waals surface area contributed by atoms with Gasteiger partial charge in [-0.2, -0.15) is 0 Å². The van der Waals surface area contributed by atoms with Crippen LogP contribution in [0.1, 0.15) is 22.3 Å². The molecule has 0 saturated heterocycles. The van der Waals surface area contributed by atoms with Crippen molar-refractivity contribution in [2.75, 3.05) is 25.0 Å². The van der Waals surface area contributed by atoms with Gasteiger partial charge in [0.15, 0.2) is 0 Å². The van der Waals surface area contributed by atoms with Crippen molar-refractivity contribution in [1.29, 1.82) is 0 Å². The van der Waals surface area contributed by atoms with Crippen molar-refractivity contribution in [2.24, 2.45) is 0 Å². The Bertz CT molecular complexity index is 514. The molecule has 0 atom stereocenters. The van der Waals surface area contributed by atoms with E-state index in [1.165, 1.54) is 11.0 Å². The molecule has 18 heavy (non-hydrogen) atoms. The molecule has 0 radical (unpaired) electrons. The molecule has 0 spiro atoms. The molecule has 0 bridgehead atoms. The van der Waals surface area contributed by atoms with Crippen LogP contribution in [0.15, 0.2) is 12.1 Å². The molecule has 1 amide bonds. The van der Waals surface area contributed by atoms with Crippen LogP contribution in [0.25, 0.3) is 0 Å². The van der Waals surface area contributed by atoms with Crippen LogP contribution in [0.4, 0.5) is 10.1 Å². The zero-order valence-corrected chi connectivity index (χ0v) is 10.4. The van der Waals surface area contributed by atoms with Crippen molar-refractivity contribution in [2.45, 2.75) is 13.3 Å². The van der Waals surface area contributed by atoms with Crippen LogP contribution in [0.2, 0.25) is 0 Å². The number of carbonyl (C=O) groups is 2. The summed E-state index contributed by atoms with van der Waals surface area (Å²) in [6.45, 7) is 2.93. The Labute approximate surface area is 105 Å². The van der Waals surface area contributed by atoms with Crippen LogP contribution in [0.3, 0.4) is 0 Å². The summed E-state index contributed by atoms with van der Waals surface area (Å²) in [5.74, 6) is -1.66. The maximum Gasteiger partial charge on any atom is 0.299 e. The van der Waals surface area contributed by atoms with Gasteiger partial charge in [-0.25, -0.2) is 4.39 Å². The van der Waals surface area contributed by atoms with Crippen LogP contribution in [0, 0.1) is 12.7 Å². The molecular formula is C13H15FN2O2. The van der Waals surface area contributed by atoms with Gasteiger partial charge in [-0.3, -0.25) is 9.59 Å². The van der Waals surface area contributed by atoms with Crippen molar-refractivity contribution >= 4 is 17.4 Å². The van der Waals surface area contributed by atoms with Gasteiger partial charge in [0.2, 0.25) is 0 Å². The lowest BCUT2D eigenvalue weighted by Crippen LogP contribution is -2.32. The Kier molecular flexibility index (Phi) is 3.43. The maximum absolute atomic E-state index is 13.3. The van der Waals surface area contributed by atoms with Gasteiger partial charge in [0.1, 0.15) is 5.82 Å². The van der Waals surface area contributed by atoms with Crippen LogP contribution in [-0.2, 0) is 4.79 Å². The zero-order chi connectivity index (χ0) is 13.3. The fraction of sp³-hybridized carbons (Fsp3) is 0.385. The highest BCUT2D eigenvalue weighted by atomic mass is 19.1. The van der Waals surface area contributed by atoms with Gasteiger partial charge in [-0.15, -0.1) is 0 Å². The molecule has 5 heteroatoms. The molecule has 0 fully saturated rings. The van der Waals surface area contributed by atoms with Gasteiger partial charge in [0.25, 0.3) is 11.7 Å². The number of anilines is 1. The molecule has 96 valence electrons. The highest BCUT2D eigenvalue weighted by Crippen LogP contribution is 2.33. The summed E-state index contributed by atoms with van der Waals surface area (Å²) < 4.78 is 13.3. The summed E-state index contributed by atoms with van der Waals surface area (Å²) in [7, 11) is 1.82. The molecule has 0 aromatic heterocycles. The van der Waals surface area contributed by atoms with E-state index in [1.54, 1.807) is 6.92 Å². The molecule has 1 aliphatic heterocycles. The molecule has 1 aromatic carbocycles. The number of nitrogens with zero attached hydrogens (tertiary/aromatic N) is 1. The number of hydrogen-bond acceptors (Lipinski definition) is 3. The van der Waals surface area contributed by atoms with E-state index in [0.717, 1.165) is 19.0 Å². The van der Waals surface area contributed by atoms with E-state index in [9.17, 15) is 14.0 Å². The predicted octanol–water partition coefficient (Wildman–Crippen LogP) is 1.27. The standard InChI is InChI=1S/C13H15FN2O2/c1-8-6-9(14)7-10-11(8)16(5-3-4-15-2)13(18)12(10)17/h6-7,15H,3-5H2,1-2H3. The second-order valence-electron chi connectivity index (χ2n) is 4.36. The Morgan fingerprint density at radius 1 is 1.33 bits per heavy atom. The monoisotopic (exact) mass is 250 g/mol. The minimum atomic E-state index is -0.614. The Hall–Kier alpha value is -1.75. The van der Waals surface area contributed by atoms with Gasteiger partial charge in [-0.05, 0) is 44.6 Å². The molecule has 1 aliphatic rings. The fourth-order valence-electron chi connectivity index (χ4n) is 2.23. The second-order valence-corrected chi connectivity index (χ2v) is 4.36. The van der Waals surface area contributed by atoms with Crippen molar-refractivity contribution in [3.05, 3.63) is 29.1 Å². The van der Waals surface area contributed by atoms with Gasteiger partial charge >= 0.3 is 0 Å². The maximum atomic E-state index is 13.3. The Morgan fingerprint density at radius 2 is 2.06 bits per heavy atom. The number of ketones is 1. The number of carbonyl (C=O) groups excluding carboxylic acids is 2. The van der Waals surface area contributed by atoms with Gasteiger partial charge in [0, 0.05) is 6.54 Å². The average Bonchev–Trinajstić information content (AvgIpc) is 2.55. The van der Waals surface area contributed by atoms with Crippen molar-refractivity contribution in [3.8, 4) is 0 Å². The SMILES string of the molecule is CNCCCN1C(=O)C(=O)c2cc(F)cc(C)c21. The van der Waals surface area contributed by atoms with Crippen molar-refractivity contribution < 1.29 is 14.0 Å². The number of rotatable bonds is 4. The second kappa shape index (κ2) is 4.86. The number of hydrogen-bond donors (Lipinski definition) is 1. The third kappa shape index (κ3) is 2.01. The summed E-state index contributed by atoms with van der Waals surface area (Å²) in [6.07, 6.45) is 0.742. The van der Waals surface area contributed by atoms with Crippen LogP contribution in [-0.4, -0.2) is 31.8 Å². The molecule has 0 unspecified atom stereocenters. The lowest BCUT2D eigenvalue weighted by Gasteiger charge is -2.18. The third-order valence-corrected chi connectivity index (χ3v) is 3.03. The molecule has 1 N–H and O–H groups in total. The number of aryl methyl sites for hydroxylation is 1. The lowest BCUT2D eigenvalue weighted by molar-refractivity contribution is -0.114. The number of nitrogens with one attached hydrogen (secondary N) is 1. The lowest BCUT2D eigenvalue weighted by atomic mass is 10.1. The zero-order valence-electron chi connectivity index (χ0n) is 10.4. The number of benzene rings is 1. The molecule has 1 heterocycles. The smallest absolute Gasteiger partial charge is 0.299 e. The molecular weight excluding hydrogens is 235 g/mol. The normalized spacial score (nSPS) is 14.3. The summed E-state index contributed by atoms with van der Waals surface area (Å²) >= 11 is 0. The third-order valence-electron chi connectivity index (χ3n) is 3.03. The summed E-state index contributed by atoms with van der Waals surface area (Å²) in [4.78, 5) is 25.1. The number of halogens is 1. The van der Waals surface area contributed by atoms with Gasteiger partial charge < -0.3 is 10.2 Å².